The average molecular weight is 400 g/mol. The smallest absolute Gasteiger partial charge is 0.272 e. The maximum atomic E-state index is 13.5. The molecule has 1 aromatic carbocycles. The second-order valence-corrected chi connectivity index (χ2v) is 7.09. The Hall–Kier alpha value is -2.93. The number of rotatable bonds is 4. The summed E-state index contributed by atoms with van der Waals surface area (Å²) in [4.78, 5) is 25.0. The van der Waals surface area contributed by atoms with Gasteiger partial charge >= 0.3 is 0 Å². The highest BCUT2D eigenvalue weighted by atomic mass is 35.5. The molecule has 1 atom stereocenters. The Morgan fingerprint density at radius 3 is 2.86 bits per heavy atom. The molecular formula is C20H19ClFN5O. The van der Waals surface area contributed by atoms with Crippen molar-refractivity contribution in [3.05, 3.63) is 70.0 Å². The third-order valence-corrected chi connectivity index (χ3v) is 5.05. The zero-order valence-corrected chi connectivity index (χ0v) is 15.8. The van der Waals surface area contributed by atoms with Gasteiger partial charge in [-0.25, -0.2) is 9.97 Å². The molecule has 0 radical (unpaired) electrons. The van der Waals surface area contributed by atoms with E-state index < -0.39 is 11.5 Å². The van der Waals surface area contributed by atoms with Crippen LogP contribution in [0, 0.1) is 5.95 Å². The number of H-pyrrole nitrogens is 1. The van der Waals surface area contributed by atoms with Crippen LogP contribution >= 0.6 is 11.6 Å². The first kappa shape index (κ1) is 18.4. The number of nitrogens with zero attached hydrogens (tertiary/aromatic N) is 3. The van der Waals surface area contributed by atoms with E-state index in [9.17, 15) is 9.18 Å². The summed E-state index contributed by atoms with van der Waals surface area (Å²) in [5.41, 5.74) is 1.04. The van der Waals surface area contributed by atoms with Crippen LogP contribution in [-0.4, -0.2) is 34.1 Å². The van der Waals surface area contributed by atoms with Gasteiger partial charge in [0.2, 0.25) is 5.95 Å². The van der Waals surface area contributed by atoms with E-state index in [2.05, 4.69) is 20.3 Å². The molecule has 3 aromatic rings. The van der Waals surface area contributed by atoms with E-state index in [0.29, 0.717) is 17.9 Å². The Labute approximate surface area is 166 Å². The largest absolute Gasteiger partial charge is 0.381 e. The summed E-state index contributed by atoms with van der Waals surface area (Å²) in [7, 11) is 0. The molecule has 3 heterocycles. The molecule has 1 aliphatic rings. The first-order valence-electron chi connectivity index (χ1n) is 9.08. The second kappa shape index (κ2) is 7.98. The Bertz CT molecular complexity index is 1030. The molecule has 0 spiro atoms. The van der Waals surface area contributed by atoms with Gasteiger partial charge in [0.1, 0.15) is 10.8 Å². The molecule has 0 aliphatic carbocycles. The number of hydrogen-bond acceptors (Lipinski definition) is 5. The maximum Gasteiger partial charge on any atom is 0.272 e. The summed E-state index contributed by atoms with van der Waals surface area (Å²) in [6, 6.07) is 13.0. The van der Waals surface area contributed by atoms with Gasteiger partial charge in [0.05, 0.1) is 0 Å². The van der Waals surface area contributed by atoms with Gasteiger partial charge in [-0.2, -0.15) is 4.39 Å². The first-order valence-corrected chi connectivity index (χ1v) is 9.46. The van der Waals surface area contributed by atoms with Gasteiger partial charge in [-0.1, -0.05) is 29.8 Å². The zero-order chi connectivity index (χ0) is 19.5. The SMILES string of the molecule is O=c1[nH]c(-c2ccnc(F)c2)nc(N2CCCC(Nc3ccccc3)C2)c1Cl. The molecular weight excluding hydrogens is 381 g/mol. The predicted molar refractivity (Wildman–Crippen MR) is 108 cm³/mol. The van der Waals surface area contributed by atoms with Crippen LogP contribution in [0.25, 0.3) is 11.4 Å². The van der Waals surface area contributed by atoms with E-state index in [4.69, 9.17) is 11.6 Å². The number of nitrogens with one attached hydrogen (secondary N) is 2. The number of halogens is 2. The molecule has 6 nitrogen and oxygen atoms in total. The van der Waals surface area contributed by atoms with Crippen molar-refractivity contribution in [1.29, 1.82) is 0 Å². The van der Waals surface area contributed by atoms with Crippen LogP contribution in [0.5, 0.6) is 0 Å². The molecule has 144 valence electrons. The standard InChI is InChI=1S/C20H19ClFN5O/c21-17-19(25-18(26-20(17)28)13-8-9-23-16(22)11-13)27-10-4-7-15(12-27)24-14-5-2-1-3-6-14/h1-3,5-6,8-9,11,15,24H,4,7,10,12H2,(H,25,26,28). The molecule has 1 unspecified atom stereocenters. The van der Waals surface area contributed by atoms with Crippen LogP contribution < -0.4 is 15.8 Å². The van der Waals surface area contributed by atoms with Gasteiger partial charge in [0.25, 0.3) is 5.56 Å². The minimum absolute atomic E-state index is 0.0404. The molecule has 1 fully saturated rings. The number of benzene rings is 1. The number of aromatic nitrogens is 3. The maximum absolute atomic E-state index is 13.5. The van der Waals surface area contributed by atoms with Crippen LogP contribution in [0.4, 0.5) is 15.9 Å². The number of aromatic amines is 1. The number of pyridine rings is 1. The third kappa shape index (κ3) is 3.99. The normalized spacial score (nSPS) is 16.8. The summed E-state index contributed by atoms with van der Waals surface area (Å²) < 4.78 is 13.5. The Morgan fingerprint density at radius 1 is 1.25 bits per heavy atom. The van der Waals surface area contributed by atoms with Crippen LogP contribution in [-0.2, 0) is 0 Å². The Kier molecular flexibility index (Phi) is 5.25. The van der Waals surface area contributed by atoms with Gasteiger partial charge < -0.3 is 15.2 Å². The van der Waals surface area contributed by atoms with Crippen molar-refractivity contribution in [3.8, 4) is 11.4 Å². The highest BCUT2D eigenvalue weighted by molar-refractivity contribution is 6.32. The van der Waals surface area contributed by atoms with Gasteiger partial charge in [0.15, 0.2) is 5.82 Å². The van der Waals surface area contributed by atoms with Crippen LogP contribution in [0.3, 0.4) is 0 Å². The predicted octanol–water partition coefficient (Wildman–Crippen LogP) is 3.71. The van der Waals surface area contributed by atoms with Crippen molar-refractivity contribution >= 4 is 23.1 Å². The van der Waals surface area contributed by atoms with Gasteiger partial charge in [-0.3, -0.25) is 4.79 Å². The lowest BCUT2D eigenvalue weighted by atomic mass is 10.1. The molecule has 2 N–H and O–H groups in total. The molecule has 1 aliphatic heterocycles. The lowest BCUT2D eigenvalue weighted by molar-refractivity contribution is 0.526. The quantitative estimate of drug-likeness (QED) is 0.654. The molecule has 2 aromatic heterocycles. The van der Waals surface area contributed by atoms with Crippen LogP contribution in [0.15, 0.2) is 53.5 Å². The van der Waals surface area contributed by atoms with E-state index >= 15 is 0 Å². The highest BCUT2D eigenvalue weighted by Gasteiger charge is 2.24. The van der Waals surface area contributed by atoms with Crippen molar-refractivity contribution in [2.24, 2.45) is 0 Å². The van der Waals surface area contributed by atoms with E-state index in [1.807, 2.05) is 35.2 Å². The minimum atomic E-state index is -0.637. The molecule has 0 bridgehead atoms. The molecule has 28 heavy (non-hydrogen) atoms. The summed E-state index contributed by atoms with van der Waals surface area (Å²) in [6.07, 6.45) is 3.28. The van der Waals surface area contributed by atoms with Crippen LogP contribution in [0.2, 0.25) is 5.02 Å². The summed E-state index contributed by atoms with van der Waals surface area (Å²) in [6.45, 7) is 1.41. The lowest BCUT2D eigenvalue weighted by Crippen LogP contribution is -2.43. The topological polar surface area (TPSA) is 73.9 Å². The van der Waals surface area contributed by atoms with Gasteiger partial charge in [-0.05, 0) is 31.0 Å². The van der Waals surface area contributed by atoms with Gasteiger partial charge in [0, 0.05) is 42.6 Å². The van der Waals surface area contributed by atoms with Crippen molar-refractivity contribution in [3.63, 3.8) is 0 Å². The summed E-state index contributed by atoms with van der Waals surface area (Å²) >= 11 is 6.27. The number of anilines is 2. The molecule has 0 saturated carbocycles. The van der Waals surface area contributed by atoms with Crippen LogP contribution in [0.1, 0.15) is 12.8 Å². The number of hydrogen-bond donors (Lipinski definition) is 2. The molecule has 0 amide bonds. The van der Waals surface area contributed by atoms with E-state index in [1.54, 1.807) is 6.07 Å². The Balaban J connectivity index is 1.61. The lowest BCUT2D eigenvalue weighted by Gasteiger charge is -2.34. The molecule has 1 saturated heterocycles. The number of piperidine rings is 1. The number of para-hydroxylation sites is 1. The average Bonchev–Trinajstić information content (AvgIpc) is 2.71. The zero-order valence-electron chi connectivity index (χ0n) is 15.0. The third-order valence-electron chi connectivity index (χ3n) is 4.71. The molecule has 4 rings (SSSR count). The Morgan fingerprint density at radius 2 is 2.07 bits per heavy atom. The monoisotopic (exact) mass is 399 g/mol. The van der Waals surface area contributed by atoms with E-state index in [1.165, 1.54) is 12.3 Å². The second-order valence-electron chi connectivity index (χ2n) is 6.71. The fraction of sp³-hybridized carbons (Fsp3) is 0.250. The fourth-order valence-corrected chi connectivity index (χ4v) is 3.61. The van der Waals surface area contributed by atoms with Gasteiger partial charge in [-0.15, -0.1) is 0 Å². The highest BCUT2D eigenvalue weighted by Crippen LogP contribution is 2.27. The van der Waals surface area contributed by atoms with E-state index in [0.717, 1.165) is 25.1 Å². The summed E-state index contributed by atoms with van der Waals surface area (Å²) in [5.74, 6) is 0.0442. The summed E-state index contributed by atoms with van der Waals surface area (Å²) in [5, 5.41) is 3.55. The first-order chi connectivity index (χ1) is 13.6. The van der Waals surface area contributed by atoms with Crippen molar-refractivity contribution in [2.75, 3.05) is 23.3 Å². The van der Waals surface area contributed by atoms with Crippen molar-refractivity contribution < 1.29 is 4.39 Å². The minimum Gasteiger partial charge on any atom is -0.381 e. The fourth-order valence-electron chi connectivity index (χ4n) is 3.40. The molecule has 8 heteroatoms. The van der Waals surface area contributed by atoms with Crippen molar-refractivity contribution in [1.82, 2.24) is 15.0 Å². The van der Waals surface area contributed by atoms with Crippen molar-refractivity contribution in [2.45, 2.75) is 18.9 Å². The van der Waals surface area contributed by atoms with E-state index in [-0.39, 0.29) is 16.9 Å².